The number of hydrogen-bond donors (Lipinski definition) is 0. The Morgan fingerprint density at radius 2 is 1.86 bits per heavy atom. The third-order valence-corrected chi connectivity index (χ3v) is 4.77. The van der Waals surface area contributed by atoms with Gasteiger partial charge in [-0.2, -0.15) is 5.10 Å². The minimum absolute atomic E-state index is 0.760. The van der Waals surface area contributed by atoms with Gasteiger partial charge in [-0.1, -0.05) is 24.6 Å². The molecule has 22 heavy (non-hydrogen) atoms. The molecule has 3 rings (SSSR count). The van der Waals surface area contributed by atoms with Crippen molar-refractivity contribution >= 4 is 11.6 Å². The molecular weight excluding hydrogens is 298 g/mol. The minimum atomic E-state index is 0.760. The average molecular weight is 320 g/mol. The zero-order chi connectivity index (χ0) is 15.5. The van der Waals surface area contributed by atoms with Gasteiger partial charge < -0.3 is 4.90 Å². The van der Waals surface area contributed by atoms with Gasteiger partial charge in [0.05, 0.1) is 12.2 Å². The van der Waals surface area contributed by atoms with Crippen LogP contribution in [-0.4, -0.2) is 57.3 Å². The largest absolute Gasteiger partial charge is 0.301 e. The highest BCUT2D eigenvalue weighted by atomic mass is 35.5. The predicted octanol–water partition coefficient (Wildman–Crippen LogP) is 2.37. The monoisotopic (exact) mass is 319 g/mol. The SMILES string of the molecule is CCN1CCN(Cc2ncnn2-c2cccc(Cl)c2C)CC1. The highest BCUT2D eigenvalue weighted by Crippen LogP contribution is 2.22. The molecule has 1 aliphatic rings. The van der Waals surface area contributed by atoms with Crippen LogP contribution in [0.4, 0.5) is 0 Å². The average Bonchev–Trinajstić information content (AvgIpc) is 2.99. The molecule has 0 radical (unpaired) electrons. The first-order valence-corrected chi connectivity index (χ1v) is 8.16. The van der Waals surface area contributed by atoms with Crippen molar-refractivity contribution in [3.05, 3.63) is 40.9 Å². The molecule has 0 atom stereocenters. The Morgan fingerprint density at radius 3 is 2.59 bits per heavy atom. The summed E-state index contributed by atoms with van der Waals surface area (Å²) < 4.78 is 1.91. The van der Waals surface area contributed by atoms with Gasteiger partial charge in [0.15, 0.2) is 0 Å². The summed E-state index contributed by atoms with van der Waals surface area (Å²) in [7, 11) is 0. The van der Waals surface area contributed by atoms with E-state index in [0.717, 1.165) is 61.4 Å². The van der Waals surface area contributed by atoms with Crippen LogP contribution in [0.25, 0.3) is 5.69 Å². The van der Waals surface area contributed by atoms with Crippen LogP contribution in [-0.2, 0) is 6.54 Å². The van der Waals surface area contributed by atoms with Crippen molar-refractivity contribution in [3.8, 4) is 5.69 Å². The van der Waals surface area contributed by atoms with Gasteiger partial charge in [0, 0.05) is 31.2 Å². The van der Waals surface area contributed by atoms with E-state index in [9.17, 15) is 0 Å². The molecule has 5 nitrogen and oxygen atoms in total. The Hall–Kier alpha value is -1.43. The molecule has 2 aromatic rings. The van der Waals surface area contributed by atoms with Crippen molar-refractivity contribution in [1.29, 1.82) is 0 Å². The molecule has 1 aromatic heterocycles. The lowest BCUT2D eigenvalue weighted by atomic mass is 10.2. The molecule has 2 heterocycles. The fourth-order valence-electron chi connectivity index (χ4n) is 2.86. The Balaban J connectivity index is 1.77. The number of rotatable bonds is 4. The lowest BCUT2D eigenvalue weighted by Crippen LogP contribution is -2.45. The van der Waals surface area contributed by atoms with Crippen LogP contribution in [0.3, 0.4) is 0 Å². The van der Waals surface area contributed by atoms with Crippen LogP contribution in [0.5, 0.6) is 0 Å². The topological polar surface area (TPSA) is 37.2 Å². The molecule has 0 N–H and O–H groups in total. The van der Waals surface area contributed by atoms with Crippen LogP contribution in [0.1, 0.15) is 18.3 Å². The minimum Gasteiger partial charge on any atom is -0.301 e. The summed E-state index contributed by atoms with van der Waals surface area (Å²) in [5.41, 5.74) is 2.04. The van der Waals surface area contributed by atoms with Crippen LogP contribution >= 0.6 is 11.6 Å². The summed E-state index contributed by atoms with van der Waals surface area (Å²) in [5.74, 6) is 0.968. The smallest absolute Gasteiger partial charge is 0.146 e. The maximum Gasteiger partial charge on any atom is 0.146 e. The Morgan fingerprint density at radius 1 is 1.14 bits per heavy atom. The number of likely N-dealkylation sites (N-methyl/N-ethyl adjacent to an activating group) is 1. The second-order valence-electron chi connectivity index (χ2n) is 5.68. The van der Waals surface area contributed by atoms with E-state index in [1.807, 2.05) is 29.8 Å². The maximum absolute atomic E-state index is 6.23. The fourth-order valence-corrected chi connectivity index (χ4v) is 3.03. The lowest BCUT2D eigenvalue weighted by molar-refractivity contribution is 0.129. The summed E-state index contributed by atoms with van der Waals surface area (Å²) in [4.78, 5) is 9.36. The summed E-state index contributed by atoms with van der Waals surface area (Å²) >= 11 is 6.23. The standard InChI is InChI=1S/C16H22ClN5/c1-3-20-7-9-21(10-8-20)11-16-18-12-19-22(16)15-6-4-5-14(17)13(15)2/h4-6,12H,3,7-11H2,1-2H3. The first-order chi connectivity index (χ1) is 10.7. The zero-order valence-corrected chi connectivity index (χ0v) is 13.9. The first-order valence-electron chi connectivity index (χ1n) is 7.78. The van der Waals surface area contributed by atoms with E-state index in [1.54, 1.807) is 6.33 Å². The van der Waals surface area contributed by atoms with Gasteiger partial charge in [-0.05, 0) is 31.2 Å². The van der Waals surface area contributed by atoms with Gasteiger partial charge >= 0.3 is 0 Å². The third-order valence-electron chi connectivity index (χ3n) is 4.36. The second kappa shape index (κ2) is 6.77. The molecule has 6 heteroatoms. The number of nitrogens with zero attached hydrogens (tertiary/aromatic N) is 5. The number of halogens is 1. The highest BCUT2D eigenvalue weighted by molar-refractivity contribution is 6.31. The fraction of sp³-hybridized carbons (Fsp3) is 0.500. The Bertz CT molecular complexity index is 631. The van der Waals surface area contributed by atoms with Crippen molar-refractivity contribution in [2.75, 3.05) is 32.7 Å². The van der Waals surface area contributed by atoms with Gasteiger partial charge in [-0.25, -0.2) is 9.67 Å². The van der Waals surface area contributed by atoms with Gasteiger partial charge in [-0.3, -0.25) is 4.90 Å². The number of aromatic nitrogens is 3. The number of hydrogen-bond acceptors (Lipinski definition) is 4. The van der Waals surface area contributed by atoms with E-state index in [-0.39, 0.29) is 0 Å². The second-order valence-corrected chi connectivity index (χ2v) is 6.09. The lowest BCUT2D eigenvalue weighted by Gasteiger charge is -2.33. The van der Waals surface area contributed by atoms with E-state index in [1.165, 1.54) is 0 Å². The molecule has 1 saturated heterocycles. The molecule has 0 aliphatic carbocycles. The van der Waals surface area contributed by atoms with E-state index in [0.29, 0.717) is 0 Å². The third kappa shape index (κ3) is 3.16. The van der Waals surface area contributed by atoms with E-state index in [2.05, 4.69) is 26.8 Å². The van der Waals surface area contributed by atoms with Crippen molar-refractivity contribution in [2.45, 2.75) is 20.4 Å². The van der Waals surface area contributed by atoms with Crippen molar-refractivity contribution < 1.29 is 0 Å². The van der Waals surface area contributed by atoms with Crippen LogP contribution in [0, 0.1) is 6.92 Å². The van der Waals surface area contributed by atoms with E-state index in [4.69, 9.17) is 11.6 Å². The van der Waals surface area contributed by atoms with Crippen molar-refractivity contribution in [2.24, 2.45) is 0 Å². The van der Waals surface area contributed by atoms with E-state index >= 15 is 0 Å². The summed E-state index contributed by atoms with van der Waals surface area (Å²) in [6.07, 6.45) is 1.62. The Kier molecular flexibility index (Phi) is 4.76. The van der Waals surface area contributed by atoms with Crippen LogP contribution in [0.15, 0.2) is 24.5 Å². The number of piperazine rings is 1. The number of benzene rings is 1. The molecule has 0 unspecified atom stereocenters. The molecule has 0 saturated carbocycles. The van der Waals surface area contributed by atoms with Gasteiger partial charge in [0.25, 0.3) is 0 Å². The zero-order valence-electron chi connectivity index (χ0n) is 13.2. The quantitative estimate of drug-likeness (QED) is 0.867. The van der Waals surface area contributed by atoms with Crippen molar-refractivity contribution in [3.63, 3.8) is 0 Å². The van der Waals surface area contributed by atoms with Gasteiger partial charge in [-0.15, -0.1) is 0 Å². The maximum atomic E-state index is 6.23. The van der Waals surface area contributed by atoms with E-state index < -0.39 is 0 Å². The molecule has 118 valence electrons. The molecule has 0 amide bonds. The molecule has 1 aliphatic heterocycles. The molecule has 0 spiro atoms. The van der Waals surface area contributed by atoms with Gasteiger partial charge in [0.1, 0.15) is 12.2 Å². The molecular formula is C16H22ClN5. The molecule has 1 fully saturated rings. The predicted molar refractivity (Wildman–Crippen MR) is 88.5 cm³/mol. The summed E-state index contributed by atoms with van der Waals surface area (Å²) in [5, 5.41) is 5.15. The summed E-state index contributed by atoms with van der Waals surface area (Å²) in [6.45, 7) is 10.6. The molecule has 0 bridgehead atoms. The normalized spacial score (nSPS) is 17.0. The van der Waals surface area contributed by atoms with Crippen LogP contribution in [0.2, 0.25) is 5.02 Å². The Labute approximate surface area is 136 Å². The van der Waals surface area contributed by atoms with Gasteiger partial charge in [0.2, 0.25) is 0 Å². The van der Waals surface area contributed by atoms with Crippen molar-refractivity contribution in [1.82, 2.24) is 24.6 Å². The highest BCUT2D eigenvalue weighted by Gasteiger charge is 2.18. The van der Waals surface area contributed by atoms with Crippen LogP contribution < -0.4 is 0 Å². The molecule has 1 aromatic carbocycles. The first kappa shape index (κ1) is 15.5. The summed E-state index contributed by atoms with van der Waals surface area (Å²) in [6, 6.07) is 5.89.